The highest BCUT2D eigenvalue weighted by molar-refractivity contribution is 5.84. The fraction of sp³-hybridized carbons (Fsp3) is 0.750. The predicted molar refractivity (Wildman–Crippen MR) is 72.4 cm³/mol. The minimum Gasteiger partial charge on any atom is -0.481 e. The van der Waals surface area contributed by atoms with Gasteiger partial charge in [0, 0.05) is 26.2 Å². The second-order valence-corrected chi connectivity index (χ2v) is 5.08. The average Bonchev–Trinajstić information content (AvgIpc) is 2.26. The highest BCUT2D eigenvalue weighted by atomic mass is 16.5. The maximum Gasteiger partial charge on any atom is 0.318 e. The van der Waals surface area contributed by atoms with Gasteiger partial charge in [0.2, 0.25) is 5.91 Å². The highest BCUT2D eigenvalue weighted by Gasteiger charge is 2.25. The second-order valence-electron chi connectivity index (χ2n) is 5.08. The normalized spacial score (nSPS) is 10.8. The molecule has 0 aromatic carbocycles. The summed E-state index contributed by atoms with van der Waals surface area (Å²) in [5.41, 5.74) is -0.885. The van der Waals surface area contributed by atoms with Crippen molar-refractivity contribution in [3.63, 3.8) is 0 Å². The third-order valence-electron chi connectivity index (χ3n) is 2.39. The third-order valence-corrected chi connectivity index (χ3v) is 2.39. The molecule has 0 saturated carbocycles. The Kier molecular flexibility index (Phi) is 7.60. The standard InChI is InChI=1S/C12H23N3O5/c1-12(2,7-10(17)18)14-11(19)15(3)8-9(16)13-5-6-20-4/h5-8H2,1-4H3,(H,13,16)(H,14,19)(H,17,18). The van der Waals surface area contributed by atoms with Crippen molar-refractivity contribution in [1.29, 1.82) is 0 Å². The number of carbonyl (C=O) groups is 3. The predicted octanol–water partition coefficient (Wildman–Crippen LogP) is -0.356. The Morgan fingerprint density at radius 1 is 1.30 bits per heavy atom. The van der Waals surface area contributed by atoms with E-state index in [2.05, 4.69) is 10.6 Å². The second kappa shape index (κ2) is 8.36. The molecule has 116 valence electrons. The Morgan fingerprint density at radius 2 is 1.90 bits per heavy atom. The molecule has 0 spiro atoms. The average molecular weight is 289 g/mol. The summed E-state index contributed by atoms with van der Waals surface area (Å²) in [6, 6.07) is -0.502. The van der Waals surface area contributed by atoms with E-state index in [9.17, 15) is 14.4 Å². The number of carbonyl (C=O) groups excluding carboxylic acids is 2. The molecule has 8 nitrogen and oxygen atoms in total. The van der Waals surface area contributed by atoms with Gasteiger partial charge >= 0.3 is 12.0 Å². The van der Waals surface area contributed by atoms with Crippen LogP contribution in [0.15, 0.2) is 0 Å². The monoisotopic (exact) mass is 289 g/mol. The number of urea groups is 1. The first-order chi connectivity index (χ1) is 9.18. The smallest absolute Gasteiger partial charge is 0.318 e. The van der Waals surface area contributed by atoms with E-state index in [1.807, 2.05) is 0 Å². The Balaban J connectivity index is 4.21. The van der Waals surface area contributed by atoms with Crippen LogP contribution < -0.4 is 10.6 Å². The van der Waals surface area contributed by atoms with Gasteiger partial charge in [0.15, 0.2) is 0 Å². The molecule has 0 aliphatic heterocycles. The molecule has 0 heterocycles. The van der Waals surface area contributed by atoms with Crippen molar-refractivity contribution in [2.45, 2.75) is 25.8 Å². The number of ether oxygens (including phenoxy) is 1. The van der Waals surface area contributed by atoms with Gasteiger partial charge in [-0.1, -0.05) is 0 Å². The van der Waals surface area contributed by atoms with Crippen LogP contribution in [-0.4, -0.2) is 67.3 Å². The summed E-state index contributed by atoms with van der Waals surface area (Å²) in [5, 5.41) is 13.9. The number of likely N-dealkylation sites (N-methyl/N-ethyl adjacent to an activating group) is 1. The molecule has 0 unspecified atom stereocenters. The summed E-state index contributed by atoms with van der Waals surface area (Å²) in [6.45, 7) is 3.86. The van der Waals surface area contributed by atoms with Gasteiger partial charge in [0.25, 0.3) is 0 Å². The molecule has 0 rings (SSSR count). The number of nitrogens with one attached hydrogen (secondary N) is 2. The van der Waals surface area contributed by atoms with Crippen molar-refractivity contribution in [3.8, 4) is 0 Å². The lowest BCUT2D eigenvalue weighted by Crippen LogP contribution is -2.51. The van der Waals surface area contributed by atoms with Crippen LogP contribution in [0, 0.1) is 0 Å². The number of methoxy groups -OCH3 is 1. The first-order valence-electron chi connectivity index (χ1n) is 6.18. The SMILES string of the molecule is COCCNC(=O)CN(C)C(=O)NC(C)(C)CC(=O)O. The maximum absolute atomic E-state index is 11.8. The molecule has 0 saturated heterocycles. The Hall–Kier alpha value is -1.83. The number of rotatable bonds is 8. The Labute approximate surface area is 118 Å². The number of aliphatic carboxylic acids is 1. The van der Waals surface area contributed by atoms with Crippen LogP contribution in [-0.2, 0) is 14.3 Å². The van der Waals surface area contributed by atoms with Crippen LogP contribution in [0.1, 0.15) is 20.3 Å². The molecule has 0 bridgehead atoms. The minimum atomic E-state index is -1.00. The molecule has 0 aromatic rings. The van der Waals surface area contributed by atoms with Crippen molar-refractivity contribution in [3.05, 3.63) is 0 Å². The molecule has 0 aromatic heterocycles. The molecule has 3 N–H and O–H groups in total. The number of hydrogen-bond donors (Lipinski definition) is 3. The lowest BCUT2D eigenvalue weighted by molar-refractivity contribution is -0.138. The maximum atomic E-state index is 11.8. The van der Waals surface area contributed by atoms with Gasteiger partial charge in [-0.05, 0) is 13.8 Å². The fourth-order valence-corrected chi connectivity index (χ4v) is 1.44. The summed E-state index contributed by atoms with van der Waals surface area (Å²) in [6.07, 6.45) is -0.202. The van der Waals surface area contributed by atoms with E-state index in [-0.39, 0.29) is 18.9 Å². The van der Waals surface area contributed by atoms with Gasteiger partial charge in [0.1, 0.15) is 6.54 Å². The van der Waals surface area contributed by atoms with Gasteiger partial charge in [-0.2, -0.15) is 0 Å². The molecule has 0 aliphatic carbocycles. The van der Waals surface area contributed by atoms with Gasteiger partial charge in [-0.15, -0.1) is 0 Å². The molecule has 0 atom stereocenters. The highest BCUT2D eigenvalue weighted by Crippen LogP contribution is 2.08. The zero-order valence-corrected chi connectivity index (χ0v) is 12.4. The van der Waals surface area contributed by atoms with E-state index in [1.54, 1.807) is 13.8 Å². The lowest BCUT2D eigenvalue weighted by atomic mass is 10.0. The van der Waals surface area contributed by atoms with Gasteiger partial charge in [-0.3, -0.25) is 9.59 Å². The van der Waals surface area contributed by atoms with Crippen LogP contribution in [0.2, 0.25) is 0 Å². The molecule has 0 radical (unpaired) electrons. The zero-order chi connectivity index (χ0) is 15.8. The minimum absolute atomic E-state index is 0.112. The van der Waals surface area contributed by atoms with Crippen LogP contribution in [0.25, 0.3) is 0 Å². The van der Waals surface area contributed by atoms with Crippen LogP contribution in [0.5, 0.6) is 0 Å². The Bertz CT molecular complexity index is 357. The number of hydrogen-bond acceptors (Lipinski definition) is 4. The molecular formula is C12H23N3O5. The topological polar surface area (TPSA) is 108 Å². The van der Waals surface area contributed by atoms with E-state index < -0.39 is 17.5 Å². The number of carboxylic acids is 1. The Morgan fingerprint density at radius 3 is 2.40 bits per heavy atom. The summed E-state index contributed by atoms with van der Waals surface area (Å²) < 4.78 is 4.78. The van der Waals surface area contributed by atoms with Crippen molar-refractivity contribution in [1.82, 2.24) is 15.5 Å². The van der Waals surface area contributed by atoms with Crippen molar-refractivity contribution >= 4 is 17.9 Å². The van der Waals surface area contributed by atoms with E-state index in [0.717, 1.165) is 0 Å². The molecule has 8 heteroatoms. The number of amides is 3. The quantitative estimate of drug-likeness (QED) is 0.529. The zero-order valence-electron chi connectivity index (χ0n) is 12.4. The van der Waals surface area contributed by atoms with E-state index in [0.29, 0.717) is 13.2 Å². The fourth-order valence-electron chi connectivity index (χ4n) is 1.44. The largest absolute Gasteiger partial charge is 0.481 e. The van der Waals surface area contributed by atoms with E-state index >= 15 is 0 Å². The van der Waals surface area contributed by atoms with Gasteiger partial charge < -0.3 is 25.4 Å². The van der Waals surface area contributed by atoms with E-state index in [1.165, 1.54) is 19.1 Å². The molecular weight excluding hydrogens is 266 g/mol. The van der Waals surface area contributed by atoms with Gasteiger partial charge in [0.05, 0.1) is 13.0 Å². The summed E-state index contributed by atoms with van der Waals surface area (Å²) in [7, 11) is 2.98. The van der Waals surface area contributed by atoms with E-state index in [4.69, 9.17) is 9.84 Å². The molecule has 3 amide bonds. The summed E-state index contributed by atoms with van der Waals surface area (Å²) >= 11 is 0. The van der Waals surface area contributed by atoms with Crippen LogP contribution in [0.3, 0.4) is 0 Å². The number of nitrogens with zero attached hydrogens (tertiary/aromatic N) is 1. The van der Waals surface area contributed by atoms with Crippen LogP contribution in [0.4, 0.5) is 4.79 Å². The van der Waals surface area contributed by atoms with Crippen molar-refractivity contribution < 1.29 is 24.2 Å². The first-order valence-corrected chi connectivity index (χ1v) is 6.18. The molecule has 0 fully saturated rings. The molecule has 20 heavy (non-hydrogen) atoms. The lowest BCUT2D eigenvalue weighted by Gasteiger charge is -2.27. The number of carboxylic acid groups (broad SMARTS) is 1. The van der Waals surface area contributed by atoms with Crippen molar-refractivity contribution in [2.75, 3.05) is 33.9 Å². The van der Waals surface area contributed by atoms with Gasteiger partial charge in [-0.25, -0.2) is 4.79 Å². The van der Waals surface area contributed by atoms with Crippen LogP contribution >= 0.6 is 0 Å². The summed E-state index contributed by atoms with van der Waals surface area (Å²) in [4.78, 5) is 35.2. The summed E-state index contributed by atoms with van der Waals surface area (Å²) in [5.74, 6) is -1.31. The first kappa shape index (κ1) is 18.2. The van der Waals surface area contributed by atoms with Crippen molar-refractivity contribution in [2.24, 2.45) is 0 Å². The third kappa shape index (κ3) is 8.30. The molecule has 0 aliphatic rings.